The summed E-state index contributed by atoms with van der Waals surface area (Å²) in [5.41, 5.74) is 1.82. The molecule has 3 aliphatic rings. The second-order valence-electron chi connectivity index (χ2n) is 11.2. The van der Waals surface area contributed by atoms with E-state index in [-0.39, 0.29) is 23.2 Å². The highest BCUT2D eigenvalue weighted by Crippen LogP contribution is 2.40. The average molecular weight is 504 g/mol. The van der Waals surface area contributed by atoms with Crippen molar-refractivity contribution in [1.29, 1.82) is 0 Å². The summed E-state index contributed by atoms with van der Waals surface area (Å²) in [7, 11) is 0. The summed E-state index contributed by atoms with van der Waals surface area (Å²) < 4.78 is 25.1. The summed E-state index contributed by atoms with van der Waals surface area (Å²) in [5.74, 6) is 0.0721. The number of benzene rings is 1. The smallest absolute Gasteiger partial charge is 0.408 e. The number of nitrogens with one attached hydrogen (secondary N) is 1. The van der Waals surface area contributed by atoms with Gasteiger partial charge in [-0.25, -0.2) is 9.18 Å². The molecule has 200 valence electrons. The van der Waals surface area contributed by atoms with Crippen LogP contribution in [0, 0.1) is 11.7 Å². The summed E-state index contributed by atoms with van der Waals surface area (Å²) in [6.07, 6.45) is 5.74. The molecule has 2 fully saturated rings. The largest absolute Gasteiger partial charge is 0.436 e. The van der Waals surface area contributed by atoms with E-state index < -0.39 is 12.2 Å². The molecule has 8 heteroatoms. The normalized spacial score (nSPS) is 21.6. The van der Waals surface area contributed by atoms with Crippen LogP contribution < -0.4 is 10.2 Å². The lowest BCUT2D eigenvalue weighted by atomic mass is 9.85. The van der Waals surface area contributed by atoms with E-state index in [0.29, 0.717) is 51.6 Å². The molecule has 1 aromatic rings. The van der Waals surface area contributed by atoms with Crippen LogP contribution in [0.2, 0.25) is 0 Å². The van der Waals surface area contributed by atoms with Gasteiger partial charge in [0.25, 0.3) is 5.91 Å². The zero-order valence-corrected chi connectivity index (χ0v) is 22.1. The molecule has 2 atom stereocenters. The Kier molecular flexibility index (Phi) is 8.75. The van der Waals surface area contributed by atoms with Crippen molar-refractivity contribution in [3.05, 3.63) is 29.6 Å². The van der Waals surface area contributed by atoms with Crippen molar-refractivity contribution in [2.75, 3.05) is 44.3 Å². The molecule has 0 spiro atoms. The summed E-state index contributed by atoms with van der Waals surface area (Å²) in [5, 5.41) is 3.02. The maximum Gasteiger partial charge on any atom is 0.408 e. The molecule has 0 bridgehead atoms. The van der Waals surface area contributed by atoms with Gasteiger partial charge in [0.15, 0.2) is 6.10 Å². The second-order valence-corrected chi connectivity index (χ2v) is 11.2. The number of ether oxygens (including phenoxy) is 2. The average Bonchev–Trinajstić information content (AvgIpc) is 3.12. The van der Waals surface area contributed by atoms with Gasteiger partial charge in [-0.3, -0.25) is 4.79 Å². The fraction of sp³-hybridized carbons (Fsp3) is 0.714. The van der Waals surface area contributed by atoms with Gasteiger partial charge in [-0.05, 0) is 42.5 Å². The molecule has 1 saturated heterocycles. The number of fused-ring (bicyclic) bond motifs is 1. The van der Waals surface area contributed by atoms with Crippen molar-refractivity contribution in [3.8, 4) is 0 Å². The van der Waals surface area contributed by atoms with Crippen LogP contribution in [-0.2, 0) is 19.7 Å². The lowest BCUT2D eigenvalue weighted by molar-refractivity contribution is -0.145. The summed E-state index contributed by atoms with van der Waals surface area (Å²) in [4.78, 5) is 30.3. The Morgan fingerprint density at radius 3 is 2.61 bits per heavy atom. The Morgan fingerprint density at radius 1 is 1.19 bits per heavy atom. The molecule has 1 saturated carbocycles. The SMILES string of the molecule is CC[C@@H](CN1CC(C)(C)c2cc(F)ccc21)NC(=O)O[C@@H](CC1CCCCC1)C(=O)N1CCOCC1. The predicted molar refractivity (Wildman–Crippen MR) is 138 cm³/mol. The molecule has 4 rings (SSSR count). The van der Waals surface area contributed by atoms with E-state index >= 15 is 0 Å². The van der Waals surface area contributed by atoms with Crippen LogP contribution >= 0.6 is 0 Å². The molecule has 7 nitrogen and oxygen atoms in total. The fourth-order valence-electron chi connectivity index (χ4n) is 5.92. The standard InChI is InChI=1S/C28H42FN3O4/c1-4-22(18-32-19-28(2,3)23-17-21(29)10-11-24(23)32)30-27(34)36-25(16-20-8-6-5-7-9-20)26(33)31-12-14-35-15-13-31/h10-11,17,20,22,25H,4-9,12-16,18-19H2,1-3H3,(H,30,34)/t22-,25-/m0/s1. The Morgan fingerprint density at radius 2 is 1.92 bits per heavy atom. The third-order valence-corrected chi connectivity index (χ3v) is 7.99. The van der Waals surface area contributed by atoms with Crippen LogP contribution in [0.4, 0.5) is 14.9 Å². The molecule has 36 heavy (non-hydrogen) atoms. The van der Waals surface area contributed by atoms with E-state index in [2.05, 4.69) is 24.1 Å². The number of rotatable bonds is 8. The minimum Gasteiger partial charge on any atom is -0.436 e. The number of halogens is 1. The molecule has 2 aliphatic heterocycles. The number of hydrogen-bond acceptors (Lipinski definition) is 5. The monoisotopic (exact) mass is 503 g/mol. The van der Waals surface area contributed by atoms with E-state index in [1.165, 1.54) is 25.3 Å². The van der Waals surface area contributed by atoms with Gasteiger partial charge in [0.2, 0.25) is 0 Å². The number of carbonyl (C=O) groups excluding carboxylic acids is 2. The van der Waals surface area contributed by atoms with E-state index in [1.54, 1.807) is 11.0 Å². The lowest BCUT2D eigenvalue weighted by Gasteiger charge is -2.33. The van der Waals surface area contributed by atoms with E-state index in [1.807, 2.05) is 13.0 Å². The van der Waals surface area contributed by atoms with Gasteiger partial charge < -0.3 is 24.6 Å². The Bertz CT molecular complexity index is 912. The highest BCUT2D eigenvalue weighted by Gasteiger charge is 2.37. The van der Waals surface area contributed by atoms with Crippen molar-refractivity contribution in [2.45, 2.75) is 83.3 Å². The lowest BCUT2D eigenvalue weighted by Crippen LogP contribution is -2.50. The molecular formula is C28H42FN3O4. The van der Waals surface area contributed by atoms with Crippen LogP contribution in [0.25, 0.3) is 0 Å². The van der Waals surface area contributed by atoms with Gasteiger partial charge in [0, 0.05) is 43.3 Å². The fourth-order valence-corrected chi connectivity index (χ4v) is 5.92. The number of amides is 2. The number of carbonyl (C=O) groups is 2. The first kappa shape index (κ1) is 26.7. The van der Waals surface area contributed by atoms with Gasteiger partial charge in [0.1, 0.15) is 5.82 Å². The second kappa shape index (κ2) is 11.8. The molecule has 2 amide bonds. The summed E-state index contributed by atoms with van der Waals surface area (Å²) in [6, 6.07) is 4.78. The summed E-state index contributed by atoms with van der Waals surface area (Å²) in [6.45, 7) is 9.70. The Hall–Kier alpha value is -2.35. The number of morpholine rings is 1. The highest BCUT2D eigenvalue weighted by atomic mass is 19.1. The van der Waals surface area contributed by atoms with E-state index in [0.717, 1.165) is 30.6 Å². The maximum atomic E-state index is 13.9. The van der Waals surface area contributed by atoms with Crippen LogP contribution in [-0.4, -0.2) is 68.4 Å². The van der Waals surface area contributed by atoms with Crippen molar-refractivity contribution in [3.63, 3.8) is 0 Å². The molecule has 0 unspecified atom stereocenters. The molecule has 1 N–H and O–H groups in total. The van der Waals surface area contributed by atoms with Crippen molar-refractivity contribution >= 4 is 17.7 Å². The van der Waals surface area contributed by atoms with Crippen molar-refractivity contribution < 1.29 is 23.5 Å². The topological polar surface area (TPSA) is 71.1 Å². The highest BCUT2D eigenvalue weighted by molar-refractivity contribution is 5.83. The zero-order chi connectivity index (χ0) is 25.7. The van der Waals surface area contributed by atoms with Gasteiger partial charge in [-0.1, -0.05) is 52.9 Å². The number of alkyl carbamates (subject to hydrolysis) is 1. The summed E-state index contributed by atoms with van der Waals surface area (Å²) >= 11 is 0. The molecule has 1 aromatic carbocycles. The minimum atomic E-state index is -0.766. The molecule has 2 heterocycles. The van der Waals surface area contributed by atoms with Crippen LogP contribution in [0.5, 0.6) is 0 Å². The van der Waals surface area contributed by atoms with E-state index in [4.69, 9.17) is 9.47 Å². The van der Waals surface area contributed by atoms with Gasteiger partial charge in [-0.2, -0.15) is 0 Å². The maximum absolute atomic E-state index is 13.9. The van der Waals surface area contributed by atoms with Crippen molar-refractivity contribution in [2.24, 2.45) is 5.92 Å². The molecule has 0 aromatic heterocycles. The first-order valence-electron chi connectivity index (χ1n) is 13.7. The first-order valence-corrected chi connectivity index (χ1v) is 13.7. The quantitative estimate of drug-likeness (QED) is 0.560. The molecule has 1 aliphatic carbocycles. The van der Waals surface area contributed by atoms with Crippen LogP contribution in [0.15, 0.2) is 18.2 Å². The Labute approximate surface area is 214 Å². The minimum absolute atomic E-state index is 0.107. The van der Waals surface area contributed by atoms with Gasteiger partial charge in [0.05, 0.1) is 13.2 Å². The number of nitrogens with zero attached hydrogens (tertiary/aromatic N) is 2. The number of hydrogen-bond donors (Lipinski definition) is 1. The first-order chi connectivity index (χ1) is 17.3. The third kappa shape index (κ3) is 6.50. The van der Waals surface area contributed by atoms with E-state index in [9.17, 15) is 14.0 Å². The zero-order valence-electron chi connectivity index (χ0n) is 22.1. The Balaban J connectivity index is 1.39. The van der Waals surface area contributed by atoms with Gasteiger partial charge >= 0.3 is 6.09 Å². The predicted octanol–water partition coefficient (Wildman–Crippen LogP) is 4.63. The van der Waals surface area contributed by atoms with Crippen LogP contribution in [0.3, 0.4) is 0 Å². The molecule has 0 radical (unpaired) electrons. The van der Waals surface area contributed by atoms with Gasteiger partial charge in [-0.15, -0.1) is 0 Å². The van der Waals surface area contributed by atoms with Crippen LogP contribution in [0.1, 0.15) is 71.3 Å². The number of anilines is 1. The molecular weight excluding hydrogens is 461 g/mol. The third-order valence-electron chi connectivity index (χ3n) is 7.99. The van der Waals surface area contributed by atoms with Crippen molar-refractivity contribution in [1.82, 2.24) is 10.2 Å².